The van der Waals surface area contributed by atoms with Gasteiger partial charge in [-0.05, 0) is 69.9 Å². The van der Waals surface area contributed by atoms with E-state index in [0.717, 1.165) is 42.8 Å². The molecule has 1 aliphatic rings. The van der Waals surface area contributed by atoms with Crippen LogP contribution in [0.5, 0.6) is 5.75 Å². The first-order valence-corrected chi connectivity index (χ1v) is 12.4. The molecule has 0 fully saturated rings. The minimum atomic E-state index is -0.555. The molecule has 1 N–H and O–H groups in total. The summed E-state index contributed by atoms with van der Waals surface area (Å²) in [7, 11) is 0. The van der Waals surface area contributed by atoms with Gasteiger partial charge in [-0.25, -0.2) is 4.79 Å². The number of hydrogen-bond donors (Lipinski definition) is 1. The Kier molecular flexibility index (Phi) is 9.22. The van der Waals surface area contributed by atoms with E-state index in [1.165, 1.54) is 0 Å². The van der Waals surface area contributed by atoms with Crippen LogP contribution in [0.1, 0.15) is 62.4 Å². The van der Waals surface area contributed by atoms with Gasteiger partial charge in [0.25, 0.3) is 0 Å². The van der Waals surface area contributed by atoms with Crippen LogP contribution in [-0.4, -0.2) is 48.6 Å². The minimum absolute atomic E-state index is 0.123. The number of halogens is 1. The molecular formula is C27H35ClN2O4. The number of unbranched alkanes of at least 4 members (excludes halogenated alkanes) is 2. The zero-order chi connectivity index (χ0) is 24.6. The second kappa shape index (κ2) is 12.1. The van der Waals surface area contributed by atoms with Gasteiger partial charge in [0.05, 0.1) is 5.69 Å². The van der Waals surface area contributed by atoms with Crippen LogP contribution in [-0.2, 0) is 11.2 Å². The van der Waals surface area contributed by atoms with Gasteiger partial charge in [-0.3, -0.25) is 4.79 Å². The number of carbonyl (C=O) groups excluding carboxylic acids is 2. The lowest BCUT2D eigenvalue weighted by Crippen LogP contribution is -2.38. The standard InChI is InChI=1S/C27H35ClN2O4/c1-27(2,3)34-26(32)30(17-14-20-9-6-7-10-22(20)28)16-8-4-5-11-24(31)21-12-13-25-23(19-21)29-15-18-33-25/h6-7,9-10,12-13,19,29H,4-5,8,11,14-18H2,1-3H3. The van der Waals surface area contributed by atoms with Gasteiger partial charge in [0.2, 0.25) is 0 Å². The maximum absolute atomic E-state index is 12.7. The number of ketones is 1. The molecule has 7 heteroatoms. The van der Waals surface area contributed by atoms with Crippen LogP contribution in [0, 0.1) is 0 Å². The molecule has 2 aromatic carbocycles. The van der Waals surface area contributed by atoms with E-state index < -0.39 is 5.60 Å². The summed E-state index contributed by atoms with van der Waals surface area (Å²) in [4.78, 5) is 27.1. The maximum Gasteiger partial charge on any atom is 0.410 e. The Bertz CT molecular complexity index is 987. The summed E-state index contributed by atoms with van der Waals surface area (Å²) in [5.41, 5.74) is 2.03. The van der Waals surface area contributed by atoms with Crippen molar-refractivity contribution in [3.8, 4) is 5.75 Å². The summed E-state index contributed by atoms with van der Waals surface area (Å²) in [5.74, 6) is 0.916. The fourth-order valence-electron chi connectivity index (χ4n) is 3.80. The van der Waals surface area contributed by atoms with Crippen molar-refractivity contribution >= 4 is 29.2 Å². The second-order valence-electron chi connectivity index (χ2n) is 9.53. The molecule has 0 spiro atoms. The fourth-order valence-corrected chi connectivity index (χ4v) is 4.03. The number of benzene rings is 2. The fraction of sp³-hybridized carbons (Fsp3) is 0.481. The molecule has 0 saturated heterocycles. The average molecular weight is 487 g/mol. The van der Waals surface area contributed by atoms with E-state index in [0.29, 0.717) is 43.1 Å². The maximum atomic E-state index is 12.7. The summed E-state index contributed by atoms with van der Waals surface area (Å²) in [6.45, 7) is 8.09. The predicted molar refractivity (Wildman–Crippen MR) is 136 cm³/mol. The molecule has 0 unspecified atom stereocenters. The van der Waals surface area contributed by atoms with Crippen molar-refractivity contribution in [3.63, 3.8) is 0 Å². The van der Waals surface area contributed by atoms with E-state index in [4.69, 9.17) is 21.1 Å². The number of anilines is 1. The molecule has 6 nitrogen and oxygen atoms in total. The lowest BCUT2D eigenvalue weighted by atomic mass is 10.0. The number of amides is 1. The minimum Gasteiger partial charge on any atom is -0.490 e. The summed E-state index contributed by atoms with van der Waals surface area (Å²) in [6.07, 6.45) is 3.24. The van der Waals surface area contributed by atoms with Crippen molar-refractivity contribution in [2.75, 3.05) is 31.6 Å². The number of Topliss-reactive ketones (excluding diaryl/α,β-unsaturated/α-hetero) is 1. The van der Waals surface area contributed by atoms with Gasteiger partial charge in [0, 0.05) is 36.6 Å². The Balaban J connectivity index is 1.47. The van der Waals surface area contributed by atoms with E-state index >= 15 is 0 Å². The predicted octanol–water partition coefficient (Wildman–Crippen LogP) is 6.37. The van der Waals surface area contributed by atoms with Crippen LogP contribution in [0.15, 0.2) is 42.5 Å². The van der Waals surface area contributed by atoms with Crippen molar-refractivity contribution < 1.29 is 19.1 Å². The monoisotopic (exact) mass is 486 g/mol. The number of nitrogens with zero attached hydrogens (tertiary/aromatic N) is 1. The smallest absolute Gasteiger partial charge is 0.410 e. The summed E-state index contributed by atoms with van der Waals surface area (Å²) in [6, 6.07) is 13.2. The Morgan fingerprint density at radius 1 is 1.09 bits per heavy atom. The van der Waals surface area contributed by atoms with Gasteiger partial charge >= 0.3 is 6.09 Å². The first-order valence-electron chi connectivity index (χ1n) is 12.0. The molecule has 2 aromatic rings. The van der Waals surface area contributed by atoms with Crippen molar-refractivity contribution in [2.24, 2.45) is 0 Å². The van der Waals surface area contributed by atoms with Crippen molar-refractivity contribution in [1.82, 2.24) is 4.90 Å². The summed E-state index contributed by atoms with van der Waals surface area (Å²) in [5, 5.41) is 3.97. The molecule has 0 atom stereocenters. The zero-order valence-electron chi connectivity index (χ0n) is 20.4. The van der Waals surface area contributed by atoms with E-state index in [1.807, 2.05) is 63.2 Å². The summed E-state index contributed by atoms with van der Waals surface area (Å²) < 4.78 is 11.2. The quantitative estimate of drug-likeness (QED) is 0.312. The Labute approximate surface area is 207 Å². The van der Waals surface area contributed by atoms with Crippen LogP contribution in [0.4, 0.5) is 10.5 Å². The van der Waals surface area contributed by atoms with Crippen LogP contribution in [0.2, 0.25) is 5.02 Å². The third-order valence-electron chi connectivity index (χ3n) is 5.57. The number of rotatable bonds is 10. The molecular weight excluding hydrogens is 452 g/mol. The third-order valence-corrected chi connectivity index (χ3v) is 5.94. The van der Waals surface area contributed by atoms with Crippen molar-refractivity contribution in [1.29, 1.82) is 0 Å². The van der Waals surface area contributed by atoms with Crippen LogP contribution < -0.4 is 10.1 Å². The molecule has 0 radical (unpaired) electrons. The molecule has 0 saturated carbocycles. The lowest BCUT2D eigenvalue weighted by molar-refractivity contribution is 0.0248. The van der Waals surface area contributed by atoms with Crippen LogP contribution in [0.3, 0.4) is 0 Å². The van der Waals surface area contributed by atoms with Crippen LogP contribution in [0.25, 0.3) is 0 Å². The van der Waals surface area contributed by atoms with E-state index in [1.54, 1.807) is 4.90 Å². The first kappa shape index (κ1) is 25.9. The van der Waals surface area contributed by atoms with Gasteiger partial charge in [0.15, 0.2) is 5.78 Å². The highest BCUT2D eigenvalue weighted by atomic mass is 35.5. The third kappa shape index (κ3) is 7.94. The van der Waals surface area contributed by atoms with Gasteiger partial charge in [-0.15, -0.1) is 0 Å². The lowest BCUT2D eigenvalue weighted by Gasteiger charge is -2.27. The number of fused-ring (bicyclic) bond motifs is 1. The average Bonchev–Trinajstić information content (AvgIpc) is 2.80. The van der Waals surface area contributed by atoms with E-state index in [9.17, 15) is 9.59 Å². The highest BCUT2D eigenvalue weighted by molar-refractivity contribution is 6.31. The molecule has 1 heterocycles. The van der Waals surface area contributed by atoms with E-state index in [-0.39, 0.29) is 11.9 Å². The topological polar surface area (TPSA) is 67.9 Å². The highest BCUT2D eigenvalue weighted by Crippen LogP contribution is 2.28. The largest absolute Gasteiger partial charge is 0.490 e. The number of hydrogen-bond acceptors (Lipinski definition) is 5. The summed E-state index contributed by atoms with van der Waals surface area (Å²) >= 11 is 6.28. The number of carbonyl (C=O) groups is 2. The van der Waals surface area contributed by atoms with Crippen molar-refractivity contribution in [2.45, 2.75) is 58.5 Å². The molecule has 0 bridgehead atoms. The molecule has 1 amide bonds. The van der Waals surface area contributed by atoms with Crippen LogP contribution >= 0.6 is 11.6 Å². The van der Waals surface area contributed by atoms with Gasteiger partial charge < -0.3 is 19.7 Å². The highest BCUT2D eigenvalue weighted by Gasteiger charge is 2.22. The molecule has 0 aliphatic carbocycles. The van der Waals surface area contributed by atoms with E-state index in [2.05, 4.69) is 5.32 Å². The normalized spacial score (nSPS) is 12.8. The van der Waals surface area contributed by atoms with Gasteiger partial charge in [0.1, 0.15) is 18.0 Å². The molecule has 34 heavy (non-hydrogen) atoms. The molecule has 3 rings (SSSR count). The zero-order valence-corrected chi connectivity index (χ0v) is 21.1. The Morgan fingerprint density at radius 3 is 2.65 bits per heavy atom. The Morgan fingerprint density at radius 2 is 1.88 bits per heavy atom. The Hall–Kier alpha value is -2.73. The SMILES string of the molecule is CC(C)(C)OC(=O)N(CCCCCC(=O)c1ccc2c(c1)NCCO2)CCc1ccccc1Cl. The van der Waals surface area contributed by atoms with Gasteiger partial charge in [-0.1, -0.05) is 36.2 Å². The number of nitrogens with one attached hydrogen (secondary N) is 1. The second-order valence-corrected chi connectivity index (χ2v) is 9.94. The molecule has 184 valence electrons. The number of ether oxygens (including phenoxy) is 2. The van der Waals surface area contributed by atoms with Crippen molar-refractivity contribution in [3.05, 3.63) is 58.6 Å². The molecule has 0 aromatic heterocycles. The molecule has 1 aliphatic heterocycles. The van der Waals surface area contributed by atoms with Gasteiger partial charge in [-0.2, -0.15) is 0 Å². The first-order chi connectivity index (χ1) is 16.2.